The summed E-state index contributed by atoms with van der Waals surface area (Å²) in [6, 6.07) is 0. The van der Waals surface area contributed by atoms with Crippen molar-refractivity contribution >= 4 is 11.9 Å². The Morgan fingerprint density at radius 3 is 2.00 bits per heavy atom. The largest absolute Gasteiger partial charge is 0.393 e. The molecule has 0 spiro atoms. The molecular weight excluding hydrogens is 180 g/mol. The van der Waals surface area contributed by atoms with E-state index in [4.69, 9.17) is 4.74 Å². The molecule has 5 aliphatic rings. The topological polar surface area (TPSA) is 43.4 Å². The molecule has 0 amide bonds. The molecule has 4 aliphatic carbocycles. The first-order valence-corrected chi connectivity index (χ1v) is 5.21. The summed E-state index contributed by atoms with van der Waals surface area (Å²) in [5, 5.41) is 0. The Morgan fingerprint density at radius 2 is 1.50 bits per heavy atom. The Bertz CT molecular complexity index is 350. The van der Waals surface area contributed by atoms with E-state index < -0.39 is 0 Å². The molecule has 0 aromatic rings. The van der Waals surface area contributed by atoms with E-state index in [9.17, 15) is 9.59 Å². The van der Waals surface area contributed by atoms with Crippen molar-refractivity contribution in [2.75, 3.05) is 0 Å². The van der Waals surface area contributed by atoms with Crippen LogP contribution < -0.4 is 0 Å². The predicted octanol–water partition coefficient (Wildman–Crippen LogP) is 0.754. The van der Waals surface area contributed by atoms with Gasteiger partial charge in [0.05, 0.1) is 11.8 Å². The van der Waals surface area contributed by atoms with E-state index in [0.717, 1.165) is 0 Å². The number of esters is 2. The summed E-state index contributed by atoms with van der Waals surface area (Å²) >= 11 is 0. The summed E-state index contributed by atoms with van der Waals surface area (Å²) in [6.45, 7) is 0. The first-order valence-electron chi connectivity index (χ1n) is 5.21. The van der Waals surface area contributed by atoms with Crippen molar-refractivity contribution in [2.45, 2.75) is 6.42 Å². The van der Waals surface area contributed by atoms with Gasteiger partial charge in [0.2, 0.25) is 0 Å². The van der Waals surface area contributed by atoms with Crippen molar-refractivity contribution in [1.29, 1.82) is 0 Å². The highest BCUT2D eigenvalue weighted by Crippen LogP contribution is 2.65. The molecule has 0 aromatic carbocycles. The van der Waals surface area contributed by atoms with E-state index in [1.807, 2.05) is 0 Å². The first kappa shape index (κ1) is 7.21. The minimum absolute atomic E-state index is 0.138. The smallest absolute Gasteiger partial charge is 0.318 e. The lowest BCUT2D eigenvalue weighted by Crippen LogP contribution is -2.40. The maximum Gasteiger partial charge on any atom is 0.318 e. The number of rotatable bonds is 0. The van der Waals surface area contributed by atoms with Crippen LogP contribution in [-0.2, 0) is 14.3 Å². The summed E-state index contributed by atoms with van der Waals surface area (Å²) < 4.78 is 4.74. The summed E-state index contributed by atoms with van der Waals surface area (Å²) in [5.74, 6) is 1.12. The van der Waals surface area contributed by atoms with Gasteiger partial charge in [0.1, 0.15) is 0 Å². The zero-order valence-corrected chi connectivity index (χ0v) is 7.55. The maximum atomic E-state index is 11.5. The average Bonchev–Trinajstić information content (AvgIpc) is 2.92. The number of cyclic esters (lactones) is 2. The highest BCUT2D eigenvalue weighted by molar-refractivity contribution is 5.97. The van der Waals surface area contributed by atoms with E-state index >= 15 is 0 Å². The summed E-state index contributed by atoms with van der Waals surface area (Å²) in [4.78, 5) is 23.0. The normalized spacial score (nSPS) is 56.9. The molecule has 3 heteroatoms. The van der Waals surface area contributed by atoms with Crippen LogP contribution in [0, 0.1) is 35.5 Å². The lowest BCUT2D eigenvalue weighted by atomic mass is 9.63. The van der Waals surface area contributed by atoms with Crippen LogP contribution in [0.15, 0.2) is 12.2 Å². The molecule has 0 radical (unpaired) electrons. The minimum atomic E-state index is -0.273. The van der Waals surface area contributed by atoms with E-state index in [-0.39, 0.29) is 23.8 Å². The van der Waals surface area contributed by atoms with Gasteiger partial charge in [-0.25, -0.2) is 0 Å². The van der Waals surface area contributed by atoms with Crippen LogP contribution in [0.1, 0.15) is 6.42 Å². The highest BCUT2D eigenvalue weighted by Gasteiger charge is 2.66. The van der Waals surface area contributed by atoms with Gasteiger partial charge < -0.3 is 4.74 Å². The molecule has 2 saturated carbocycles. The van der Waals surface area contributed by atoms with Gasteiger partial charge >= 0.3 is 11.9 Å². The predicted molar refractivity (Wildman–Crippen MR) is 45.8 cm³/mol. The molecule has 1 heterocycles. The van der Waals surface area contributed by atoms with Crippen LogP contribution in [0.25, 0.3) is 0 Å². The number of hydrogen-bond donors (Lipinski definition) is 0. The van der Waals surface area contributed by atoms with Crippen molar-refractivity contribution < 1.29 is 14.3 Å². The Balaban J connectivity index is 1.88. The Kier molecular flexibility index (Phi) is 1.00. The van der Waals surface area contributed by atoms with Gasteiger partial charge in [0, 0.05) is 0 Å². The molecule has 6 unspecified atom stereocenters. The summed E-state index contributed by atoms with van der Waals surface area (Å²) in [7, 11) is 0. The van der Waals surface area contributed by atoms with Gasteiger partial charge in [-0.2, -0.15) is 0 Å². The zero-order chi connectivity index (χ0) is 9.45. The molecule has 3 fully saturated rings. The molecule has 5 rings (SSSR count). The monoisotopic (exact) mass is 190 g/mol. The van der Waals surface area contributed by atoms with Gasteiger partial charge in [0.25, 0.3) is 0 Å². The van der Waals surface area contributed by atoms with Crippen molar-refractivity contribution in [1.82, 2.24) is 0 Å². The van der Waals surface area contributed by atoms with E-state index in [2.05, 4.69) is 12.2 Å². The Hall–Kier alpha value is -1.12. The van der Waals surface area contributed by atoms with Gasteiger partial charge in [0.15, 0.2) is 0 Å². The number of hydrogen-bond acceptors (Lipinski definition) is 3. The van der Waals surface area contributed by atoms with Crippen molar-refractivity contribution in [3.8, 4) is 0 Å². The molecule has 1 aliphatic heterocycles. The molecule has 0 aromatic heterocycles. The molecule has 2 bridgehead atoms. The molecular formula is C11H10O3. The maximum absolute atomic E-state index is 11.5. The molecule has 0 N–H and O–H groups in total. The van der Waals surface area contributed by atoms with Crippen LogP contribution in [0.4, 0.5) is 0 Å². The number of carbonyl (C=O) groups is 2. The standard InChI is InChI=1S/C11H10O3/c12-10-8-4-1-2-5(7-3-6(4)7)9(8)11(13)14-10/h1-2,4-9H,3H2. The minimum Gasteiger partial charge on any atom is -0.393 e. The fourth-order valence-electron chi connectivity index (χ4n) is 3.76. The SMILES string of the molecule is O=C1OC(=O)C2C3C=CC(C4CC34)C12. The number of carbonyl (C=O) groups excluding carboxylic acids is 2. The third-order valence-electron chi connectivity index (χ3n) is 4.40. The first-order chi connectivity index (χ1) is 6.77. The average molecular weight is 190 g/mol. The van der Waals surface area contributed by atoms with Gasteiger partial charge in [-0.15, -0.1) is 0 Å². The molecule has 14 heavy (non-hydrogen) atoms. The molecule has 1 saturated heterocycles. The molecule has 3 nitrogen and oxygen atoms in total. The lowest BCUT2D eigenvalue weighted by Gasteiger charge is -2.36. The van der Waals surface area contributed by atoms with Crippen molar-refractivity contribution in [3.63, 3.8) is 0 Å². The van der Waals surface area contributed by atoms with Crippen LogP contribution >= 0.6 is 0 Å². The summed E-state index contributed by atoms with van der Waals surface area (Å²) in [6.07, 6.45) is 5.48. The third-order valence-corrected chi connectivity index (χ3v) is 4.40. The van der Waals surface area contributed by atoms with Crippen molar-refractivity contribution in [2.24, 2.45) is 35.5 Å². The Labute approximate surface area is 81.1 Å². The van der Waals surface area contributed by atoms with E-state index in [1.165, 1.54) is 6.42 Å². The quantitative estimate of drug-likeness (QED) is 0.321. The van der Waals surface area contributed by atoms with Crippen LogP contribution in [-0.4, -0.2) is 11.9 Å². The Morgan fingerprint density at radius 1 is 1.00 bits per heavy atom. The van der Waals surface area contributed by atoms with Crippen molar-refractivity contribution in [3.05, 3.63) is 12.2 Å². The lowest BCUT2D eigenvalue weighted by molar-refractivity contribution is -0.154. The van der Waals surface area contributed by atoms with Crippen LogP contribution in [0.3, 0.4) is 0 Å². The molecule has 6 atom stereocenters. The molecule has 72 valence electrons. The zero-order valence-electron chi connectivity index (χ0n) is 7.55. The van der Waals surface area contributed by atoms with Crippen LogP contribution in [0.2, 0.25) is 0 Å². The van der Waals surface area contributed by atoms with Gasteiger partial charge in [-0.1, -0.05) is 12.2 Å². The van der Waals surface area contributed by atoms with E-state index in [1.54, 1.807) is 0 Å². The fraction of sp³-hybridized carbons (Fsp3) is 0.636. The number of ether oxygens (including phenoxy) is 1. The second kappa shape index (κ2) is 1.95. The second-order valence-corrected chi connectivity index (χ2v) is 4.89. The van der Waals surface area contributed by atoms with Crippen LogP contribution in [0.5, 0.6) is 0 Å². The third kappa shape index (κ3) is 0.606. The van der Waals surface area contributed by atoms with Gasteiger partial charge in [-0.3, -0.25) is 9.59 Å². The highest BCUT2D eigenvalue weighted by atomic mass is 16.6. The van der Waals surface area contributed by atoms with Gasteiger partial charge in [-0.05, 0) is 30.1 Å². The second-order valence-electron chi connectivity index (χ2n) is 4.89. The number of allylic oxidation sites excluding steroid dienone is 2. The summed E-state index contributed by atoms with van der Waals surface area (Å²) in [5.41, 5.74) is 0. The van der Waals surface area contributed by atoms with E-state index in [0.29, 0.717) is 23.7 Å². The fourth-order valence-corrected chi connectivity index (χ4v) is 3.76.